The lowest BCUT2D eigenvalue weighted by atomic mass is 10.1. The average Bonchev–Trinajstić information content (AvgIpc) is 2.50. The van der Waals surface area contributed by atoms with E-state index in [1.165, 1.54) is 0 Å². The van der Waals surface area contributed by atoms with Gasteiger partial charge in [-0.25, -0.2) is 4.79 Å². The van der Waals surface area contributed by atoms with E-state index in [4.69, 9.17) is 9.47 Å². The molecule has 1 fully saturated rings. The minimum absolute atomic E-state index is 0.229. The van der Waals surface area contributed by atoms with Crippen LogP contribution in [0.25, 0.3) is 0 Å². The standard InChI is InChI=1S/C20H30N2O4/c1-14-10-22(11-15(2)26-14)12-16-6-8-17(9-7-16)19(24)25-13-18(23)21-20(3,4)5/h6-9,14-15H,10-13H2,1-5H3,(H,21,23). The quantitative estimate of drug-likeness (QED) is 0.815. The number of nitrogens with one attached hydrogen (secondary N) is 1. The molecule has 0 bridgehead atoms. The maximum Gasteiger partial charge on any atom is 0.338 e. The Hall–Kier alpha value is -1.92. The minimum Gasteiger partial charge on any atom is -0.452 e. The van der Waals surface area contributed by atoms with E-state index in [0.717, 1.165) is 25.2 Å². The molecule has 0 spiro atoms. The monoisotopic (exact) mass is 362 g/mol. The van der Waals surface area contributed by atoms with E-state index < -0.39 is 5.97 Å². The Morgan fingerprint density at radius 1 is 1.15 bits per heavy atom. The Labute approximate surface area is 155 Å². The second-order valence-electron chi connectivity index (χ2n) is 8.02. The Kier molecular flexibility index (Phi) is 6.78. The fourth-order valence-corrected chi connectivity index (χ4v) is 3.09. The molecule has 1 aliphatic heterocycles. The maximum atomic E-state index is 12.1. The first-order chi connectivity index (χ1) is 12.1. The second kappa shape index (κ2) is 8.64. The number of ether oxygens (including phenoxy) is 2. The third-order valence-electron chi connectivity index (χ3n) is 3.94. The molecule has 2 atom stereocenters. The van der Waals surface area contributed by atoms with Crippen LogP contribution in [0.5, 0.6) is 0 Å². The summed E-state index contributed by atoms with van der Waals surface area (Å²) in [6.45, 7) is 12.1. The van der Waals surface area contributed by atoms with Gasteiger partial charge in [-0.3, -0.25) is 9.69 Å². The first-order valence-corrected chi connectivity index (χ1v) is 9.07. The molecule has 0 aliphatic carbocycles. The molecular formula is C20H30N2O4. The van der Waals surface area contributed by atoms with Crippen LogP contribution in [0.4, 0.5) is 0 Å². The minimum atomic E-state index is -0.491. The van der Waals surface area contributed by atoms with E-state index in [9.17, 15) is 9.59 Å². The van der Waals surface area contributed by atoms with Gasteiger partial charge in [-0.1, -0.05) is 12.1 Å². The Bertz CT molecular complexity index is 612. The zero-order valence-electron chi connectivity index (χ0n) is 16.4. The van der Waals surface area contributed by atoms with Gasteiger partial charge in [0.1, 0.15) is 0 Å². The first kappa shape index (κ1) is 20.4. The lowest BCUT2D eigenvalue weighted by Crippen LogP contribution is -2.44. The smallest absolute Gasteiger partial charge is 0.338 e. The summed E-state index contributed by atoms with van der Waals surface area (Å²) in [6, 6.07) is 7.34. The molecule has 1 aromatic carbocycles. The summed E-state index contributed by atoms with van der Waals surface area (Å²) in [5.41, 5.74) is 1.23. The van der Waals surface area contributed by atoms with Crippen LogP contribution in [0.15, 0.2) is 24.3 Å². The molecule has 1 aliphatic rings. The first-order valence-electron chi connectivity index (χ1n) is 9.07. The fraction of sp³-hybridized carbons (Fsp3) is 0.600. The lowest BCUT2D eigenvalue weighted by molar-refractivity contribution is -0.125. The van der Waals surface area contributed by atoms with E-state index in [1.807, 2.05) is 32.9 Å². The van der Waals surface area contributed by atoms with Gasteiger partial charge in [0.2, 0.25) is 0 Å². The van der Waals surface area contributed by atoms with E-state index in [2.05, 4.69) is 24.1 Å². The van der Waals surface area contributed by atoms with Gasteiger partial charge in [-0.15, -0.1) is 0 Å². The van der Waals surface area contributed by atoms with Crippen molar-refractivity contribution in [2.75, 3.05) is 19.7 Å². The van der Waals surface area contributed by atoms with Crippen molar-refractivity contribution in [1.29, 1.82) is 0 Å². The molecule has 1 amide bonds. The molecule has 1 aromatic rings. The van der Waals surface area contributed by atoms with Crippen molar-refractivity contribution in [2.24, 2.45) is 0 Å². The van der Waals surface area contributed by atoms with Crippen LogP contribution in [0.3, 0.4) is 0 Å². The molecule has 144 valence electrons. The van der Waals surface area contributed by atoms with Gasteiger partial charge < -0.3 is 14.8 Å². The zero-order chi connectivity index (χ0) is 19.3. The molecule has 1 heterocycles. The summed E-state index contributed by atoms with van der Waals surface area (Å²) in [5.74, 6) is -0.799. The van der Waals surface area contributed by atoms with Gasteiger partial charge in [0.05, 0.1) is 17.8 Å². The molecule has 26 heavy (non-hydrogen) atoms. The van der Waals surface area contributed by atoms with E-state index in [1.54, 1.807) is 12.1 Å². The van der Waals surface area contributed by atoms with Gasteiger partial charge >= 0.3 is 5.97 Å². The highest BCUT2D eigenvalue weighted by Gasteiger charge is 2.22. The van der Waals surface area contributed by atoms with Crippen molar-refractivity contribution in [3.63, 3.8) is 0 Å². The zero-order valence-corrected chi connectivity index (χ0v) is 16.4. The van der Waals surface area contributed by atoms with Crippen LogP contribution < -0.4 is 5.32 Å². The predicted molar refractivity (Wildman–Crippen MR) is 99.9 cm³/mol. The number of amides is 1. The Morgan fingerprint density at radius 3 is 2.27 bits per heavy atom. The number of hydrogen-bond donors (Lipinski definition) is 1. The van der Waals surface area contributed by atoms with Crippen molar-refractivity contribution in [2.45, 2.75) is 58.9 Å². The van der Waals surface area contributed by atoms with E-state index in [0.29, 0.717) is 5.56 Å². The van der Waals surface area contributed by atoms with Crippen LogP contribution in [-0.4, -0.2) is 54.2 Å². The largest absolute Gasteiger partial charge is 0.452 e. The molecular weight excluding hydrogens is 332 g/mol. The SMILES string of the molecule is CC1CN(Cc2ccc(C(=O)OCC(=O)NC(C)(C)C)cc2)CC(C)O1. The van der Waals surface area contributed by atoms with E-state index in [-0.39, 0.29) is 30.3 Å². The number of morpholine rings is 1. The molecule has 2 unspecified atom stereocenters. The van der Waals surface area contributed by atoms with Gasteiger partial charge in [0.25, 0.3) is 5.91 Å². The molecule has 1 saturated heterocycles. The summed E-state index contributed by atoms with van der Waals surface area (Å²) in [4.78, 5) is 26.1. The Balaban J connectivity index is 1.84. The van der Waals surface area contributed by atoms with Gasteiger partial charge in [0, 0.05) is 25.2 Å². The average molecular weight is 362 g/mol. The molecule has 6 heteroatoms. The van der Waals surface area contributed by atoms with Crippen LogP contribution in [0, 0.1) is 0 Å². The number of esters is 1. The maximum absolute atomic E-state index is 12.1. The van der Waals surface area contributed by atoms with E-state index >= 15 is 0 Å². The van der Waals surface area contributed by atoms with Crippen LogP contribution >= 0.6 is 0 Å². The van der Waals surface area contributed by atoms with Crippen LogP contribution in [-0.2, 0) is 20.8 Å². The number of benzene rings is 1. The summed E-state index contributed by atoms with van der Waals surface area (Å²) < 4.78 is 10.8. The van der Waals surface area contributed by atoms with Gasteiger partial charge in [0.15, 0.2) is 6.61 Å². The number of carbonyl (C=O) groups excluding carboxylic acids is 2. The normalized spacial score (nSPS) is 21.3. The molecule has 2 rings (SSSR count). The highest BCUT2D eigenvalue weighted by molar-refractivity contribution is 5.91. The molecule has 0 aromatic heterocycles. The summed E-state index contributed by atoms with van der Waals surface area (Å²) in [5, 5.41) is 2.76. The number of rotatable bonds is 5. The van der Waals surface area contributed by atoms with Crippen LogP contribution in [0.2, 0.25) is 0 Å². The summed E-state index contributed by atoms with van der Waals surface area (Å²) in [6.07, 6.45) is 0.458. The summed E-state index contributed by atoms with van der Waals surface area (Å²) in [7, 11) is 0. The van der Waals surface area contributed by atoms with Gasteiger partial charge in [-0.05, 0) is 52.3 Å². The predicted octanol–water partition coefficient (Wildman–Crippen LogP) is 2.37. The molecule has 0 saturated carbocycles. The third kappa shape index (κ3) is 6.77. The van der Waals surface area contributed by atoms with Gasteiger partial charge in [-0.2, -0.15) is 0 Å². The molecule has 6 nitrogen and oxygen atoms in total. The lowest BCUT2D eigenvalue weighted by Gasteiger charge is -2.35. The summed E-state index contributed by atoms with van der Waals surface area (Å²) >= 11 is 0. The molecule has 1 N–H and O–H groups in total. The molecule has 0 radical (unpaired) electrons. The Morgan fingerprint density at radius 2 is 1.73 bits per heavy atom. The number of nitrogens with zero attached hydrogens (tertiary/aromatic N) is 1. The van der Waals surface area contributed by atoms with Crippen molar-refractivity contribution < 1.29 is 19.1 Å². The number of hydrogen-bond acceptors (Lipinski definition) is 5. The highest BCUT2D eigenvalue weighted by atomic mass is 16.5. The van der Waals surface area contributed by atoms with Crippen molar-refractivity contribution in [3.05, 3.63) is 35.4 Å². The third-order valence-corrected chi connectivity index (χ3v) is 3.94. The van der Waals surface area contributed by atoms with Crippen molar-refractivity contribution >= 4 is 11.9 Å². The second-order valence-corrected chi connectivity index (χ2v) is 8.02. The van der Waals surface area contributed by atoms with Crippen LogP contribution in [0.1, 0.15) is 50.5 Å². The highest BCUT2D eigenvalue weighted by Crippen LogP contribution is 2.15. The fourth-order valence-electron chi connectivity index (χ4n) is 3.09. The van der Waals surface area contributed by atoms with Crippen molar-refractivity contribution in [3.8, 4) is 0 Å². The number of carbonyl (C=O) groups is 2. The topological polar surface area (TPSA) is 67.9 Å². The van der Waals surface area contributed by atoms with Crippen molar-refractivity contribution in [1.82, 2.24) is 10.2 Å².